The molecule has 0 bridgehead atoms. The summed E-state index contributed by atoms with van der Waals surface area (Å²) in [5, 5.41) is 12.5. The second-order valence-corrected chi connectivity index (χ2v) is 14.1. The van der Waals surface area contributed by atoms with Gasteiger partial charge in [0.25, 0.3) is 5.91 Å². The van der Waals surface area contributed by atoms with Crippen LogP contribution in [0.1, 0.15) is 55.4 Å². The van der Waals surface area contributed by atoms with E-state index < -0.39 is 18.4 Å². The molecule has 0 radical (unpaired) electrons. The Morgan fingerprint density at radius 1 is 0.958 bits per heavy atom. The molecule has 5 atom stereocenters. The van der Waals surface area contributed by atoms with Crippen molar-refractivity contribution >= 4 is 45.2 Å². The lowest BCUT2D eigenvalue weighted by Crippen LogP contribution is -2.38. The Morgan fingerprint density at radius 3 is 2.40 bits per heavy atom. The highest BCUT2D eigenvalue weighted by Gasteiger charge is 2.38. The van der Waals surface area contributed by atoms with E-state index in [4.69, 9.17) is 19.2 Å². The molecule has 0 spiro atoms. The number of hydrogen-bond donors (Lipinski definition) is 2. The molecular formula is C38H38N2O6S2. The average molecular weight is 683 g/mol. The minimum absolute atomic E-state index is 0.0101. The SMILES string of the molecule is CC(=O)OC(C)C(=O)NCc1ccccc1-c1ccc(C2OC(CSc3nc4ccccc4s3)C(C)C(c3ccc(CO)cc3)O2)cc1. The number of thiazole rings is 1. The fourth-order valence-corrected chi connectivity index (χ4v) is 8.04. The molecule has 5 aromatic rings. The third-order valence-electron chi connectivity index (χ3n) is 8.44. The standard InChI is InChI=1S/C38H38N2O6S2/c1-23-33(22-47-38-40-32-10-6-7-11-34(32)48-38)45-37(46-35(23)28-14-12-26(21-41)13-15-28)29-18-16-27(17-19-29)31-9-5-4-8-30(31)20-39-36(43)24(2)44-25(3)42/h4-19,23-24,33,35,37,41H,20-22H2,1-3H3,(H,39,43). The molecular weight excluding hydrogens is 645 g/mol. The van der Waals surface area contributed by atoms with Crippen LogP contribution in [0.2, 0.25) is 0 Å². The number of hydrogen-bond acceptors (Lipinski definition) is 9. The summed E-state index contributed by atoms with van der Waals surface area (Å²) in [6.45, 7) is 5.28. The number of esters is 1. The highest BCUT2D eigenvalue weighted by molar-refractivity contribution is 8.01. The Kier molecular flexibility index (Phi) is 10.9. The molecule has 8 nitrogen and oxygen atoms in total. The van der Waals surface area contributed by atoms with Gasteiger partial charge in [0.1, 0.15) is 0 Å². The van der Waals surface area contributed by atoms with Crippen molar-refractivity contribution in [1.82, 2.24) is 10.3 Å². The number of thioether (sulfide) groups is 1. The molecule has 0 saturated carbocycles. The summed E-state index contributed by atoms with van der Waals surface area (Å²) in [6, 6.07) is 32.1. The lowest BCUT2D eigenvalue weighted by molar-refractivity contribution is -0.268. The Bertz CT molecular complexity index is 1830. The van der Waals surface area contributed by atoms with E-state index in [-0.39, 0.29) is 30.6 Å². The topological polar surface area (TPSA) is 107 Å². The molecule has 4 aromatic carbocycles. The number of amides is 1. The van der Waals surface area contributed by atoms with E-state index in [1.165, 1.54) is 11.6 Å². The first-order valence-electron chi connectivity index (χ1n) is 15.9. The van der Waals surface area contributed by atoms with E-state index in [0.29, 0.717) is 6.54 Å². The predicted molar refractivity (Wildman–Crippen MR) is 188 cm³/mol. The normalized spacial score (nSPS) is 19.9. The zero-order valence-electron chi connectivity index (χ0n) is 27.0. The van der Waals surface area contributed by atoms with Crippen molar-refractivity contribution in [2.24, 2.45) is 5.92 Å². The van der Waals surface area contributed by atoms with Gasteiger partial charge in [-0.3, -0.25) is 9.59 Å². The van der Waals surface area contributed by atoms with Crippen LogP contribution in [0.3, 0.4) is 0 Å². The maximum atomic E-state index is 12.5. The van der Waals surface area contributed by atoms with Crippen molar-refractivity contribution in [1.29, 1.82) is 0 Å². The van der Waals surface area contributed by atoms with Gasteiger partial charge in [0, 0.05) is 30.7 Å². The zero-order valence-corrected chi connectivity index (χ0v) is 28.6. The smallest absolute Gasteiger partial charge is 0.303 e. The number of aliphatic hydroxyl groups excluding tert-OH is 1. The van der Waals surface area contributed by atoms with E-state index in [2.05, 4.69) is 18.3 Å². The summed E-state index contributed by atoms with van der Waals surface area (Å²) in [4.78, 5) is 28.5. The molecule has 248 valence electrons. The van der Waals surface area contributed by atoms with E-state index in [1.807, 2.05) is 91.0 Å². The molecule has 2 N–H and O–H groups in total. The highest BCUT2D eigenvalue weighted by Crippen LogP contribution is 2.44. The fraction of sp³-hybridized carbons (Fsp3) is 0.289. The van der Waals surface area contributed by atoms with Gasteiger partial charge >= 0.3 is 5.97 Å². The molecule has 1 amide bonds. The van der Waals surface area contributed by atoms with Crippen LogP contribution in [0.5, 0.6) is 0 Å². The highest BCUT2D eigenvalue weighted by atomic mass is 32.2. The van der Waals surface area contributed by atoms with E-state index >= 15 is 0 Å². The maximum Gasteiger partial charge on any atom is 0.303 e. The molecule has 1 saturated heterocycles. The van der Waals surface area contributed by atoms with Crippen molar-refractivity contribution in [3.05, 3.63) is 119 Å². The fourth-order valence-electron chi connectivity index (χ4n) is 5.78. The summed E-state index contributed by atoms with van der Waals surface area (Å²) in [5.74, 6) is -0.0670. The van der Waals surface area contributed by atoms with Gasteiger partial charge in [0.2, 0.25) is 0 Å². The van der Waals surface area contributed by atoms with Crippen LogP contribution in [0.15, 0.2) is 101 Å². The quantitative estimate of drug-likeness (QED) is 0.108. The van der Waals surface area contributed by atoms with Crippen molar-refractivity contribution in [3.8, 4) is 11.1 Å². The van der Waals surface area contributed by atoms with Crippen LogP contribution in [0, 0.1) is 5.92 Å². The Labute approximate surface area is 288 Å². The molecule has 48 heavy (non-hydrogen) atoms. The van der Waals surface area contributed by atoms with Crippen molar-refractivity contribution < 1.29 is 28.9 Å². The van der Waals surface area contributed by atoms with Gasteiger partial charge in [-0.1, -0.05) is 104 Å². The lowest BCUT2D eigenvalue weighted by Gasteiger charge is -2.41. The van der Waals surface area contributed by atoms with Gasteiger partial charge < -0.3 is 24.6 Å². The van der Waals surface area contributed by atoms with Gasteiger partial charge in [0.15, 0.2) is 16.7 Å². The molecule has 1 aliphatic rings. The third kappa shape index (κ3) is 7.97. The van der Waals surface area contributed by atoms with Crippen molar-refractivity contribution in [2.45, 2.75) is 62.9 Å². The molecule has 1 aromatic heterocycles. The van der Waals surface area contributed by atoms with Crippen molar-refractivity contribution in [3.63, 3.8) is 0 Å². The third-order valence-corrected chi connectivity index (χ3v) is 10.7. The number of fused-ring (bicyclic) bond motifs is 1. The van der Waals surface area contributed by atoms with Crippen LogP contribution in [-0.2, 0) is 37.0 Å². The van der Waals surface area contributed by atoms with Crippen molar-refractivity contribution in [2.75, 3.05) is 5.75 Å². The van der Waals surface area contributed by atoms with Gasteiger partial charge in [-0.2, -0.15) is 0 Å². The largest absolute Gasteiger partial charge is 0.453 e. The lowest BCUT2D eigenvalue weighted by atomic mass is 9.91. The Hall–Kier alpha value is -4.06. The van der Waals surface area contributed by atoms with Crippen LogP contribution < -0.4 is 5.32 Å². The summed E-state index contributed by atoms with van der Waals surface area (Å²) in [7, 11) is 0. The number of aromatic nitrogens is 1. The summed E-state index contributed by atoms with van der Waals surface area (Å²) in [5.41, 5.74) is 6.71. The first-order valence-corrected chi connectivity index (χ1v) is 17.7. The number of nitrogens with zero attached hydrogens (tertiary/aromatic N) is 1. The number of carbonyl (C=O) groups excluding carboxylic acids is 2. The predicted octanol–water partition coefficient (Wildman–Crippen LogP) is 7.61. The second-order valence-electron chi connectivity index (χ2n) is 11.8. The van der Waals surface area contributed by atoms with Crippen LogP contribution >= 0.6 is 23.1 Å². The number of carbonyl (C=O) groups is 2. The summed E-state index contributed by atoms with van der Waals surface area (Å²) < 4.78 is 20.5. The Balaban J connectivity index is 1.20. The van der Waals surface area contributed by atoms with E-state index in [9.17, 15) is 14.7 Å². The molecule has 5 unspecified atom stereocenters. The first kappa shape index (κ1) is 33.8. The molecule has 1 aliphatic heterocycles. The number of para-hydroxylation sites is 1. The molecule has 6 rings (SSSR count). The first-order chi connectivity index (χ1) is 23.3. The zero-order chi connectivity index (χ0) is 33.6. The van der Waals surface area contributed by atoms with E-state index in [1.54, 1.807) is 30.0 Å². The van der Waals surface area contributed by atoms with Gasteiger partial charge in [-0.25, -0.2) is 4.98 Å². The second kappa shape index (κ2) is 15.4. The maximum absolute atomic E-state index is 12.5. The van der Waals surface area contributed by atoms with Crippen LogP contribution in [-0.4, -0.2) is 39.9 Å². The molecule has 10 heteroatoms. The molecule has 1 fully saturated rings. The number of rotatable bonds is 11. The minimum atomic E-state index is -0.868. The number of ether oxygens (including phenoxy) is 3. The van der Waals surface area contributed by atoms with Crippen LogP contribution in [0.4, 0.5) is 0 Å². The van der Waals surface area contributed by atoms with Gasteiger partial charge in [-0.05, 0) is 46.9 Å². The molecule has 2 heterocycles. The molecule has 0 aliphatic carbocycles. The monoisotopic (exact) mass is 682 g/mol. The summed E-state index contributed by atoms with van der Waals surface area (Å²) >= 11 is 3.40. The van der Waals surface area contributed by atoms with Crippen LogP contribution in [0.25, 0.3) is 21.3 Å². The summed E-state index contributed by atoms with van der Waals surface area (Å²) in [6.07, 6.45) is -1.78. The number of nitrogens with one attached hydrogen (secondary N) is 1. The Morgan fingerprint density at radius 2 is 1.67 bits per heavy atom. The minimum Gasteiger partial charge on any atom is -0.453 e. The van der Waals surface area contributed by atoms with Gasteiger partial charge in [0.05, 0.1) is 29.0 Å². The van der Waals surface area contributed by atoms with E-state index in [0.717, 1.165) is 49.0 Å². The van der Waals surface area contributed by atoms with Gasteiger partial charge in [-0.15, -0.1) is 11.3 Å². The number of aliphatic hydroxyl groups is 1. The average Bonchev–Trinajstić information content (AvgIpc) is 3.53. The number of benzene rings is 4.